The highest BCUT2D eigenvalue weighted by Gasteiger charge is 2.00. The molecule has 0 saturated carbocycles. The van der Waals surface area contributed by atoms with Crippen molar-refractivity contribution in [2.24, 2.45) is 4.99 Å². The molecule has 0 aromatic heterocycles. The molecule has 24 heavy (non-hydrogen) atoms. The number of nitrogens with zero attached hydrogens (tertiary/aromatic N) is 1. The maximum atomic E-state index is 10.9. The van der Waals surface area contributed by atoms with Gasteiger partial charge in [-0.3, -0.25) is 4.99 Å². The maximum Gasteiger partial charge on any atom is 0.208 e. The van der Waals surface area contributed by atoms with E-state index in [1.165, 1.54) is 5.56 Å². The van der Waals surface area contributed by atoms with Gasteiger partial charge in [0, 0.05) is 31.2 Å². The Morgan fingerprint density at radius 1 is 1.25 bits per heavy atom. The van der Waals surface area contributed by atoms with E-state index in [1.54, 1.807) is 0 Å². The highest BCUT2D eigenvalue weighted by Crippen LogP contribution is 2.10. The third kappa shape index (κ3) is 11.9. The van der Waals surface area contributed by atoms with E-state index in [0.29, 0.717) is 19.5 Å². The molecule has 0 atom stereocenters. The Morgan fingerprint density at radius 3 is 2.62 bits per heavy atom. The Hall–Kier alpha value is -0.580. The summed E-state index contributed by atoms with van der Waals surface area (Å²) in [5, 5.41) is 7.15. The summed E-state index contributed by atoms with van der Waals surface area (Å²) < 4.78 is 24.3. The highest BCUT2D eigenvalue weighted by atomic mass is 127. The molecule has 0 spiro atoms. The summed E-state index contributed by atoms with van der Waals surface area (Å²) in [5.41, 5.74) is 1.17. The van der Waals surface area contributed by atoms with Crippen LogP contribution >= 0.6 is 35.6 Å². The van der Waals surface area contributed by atoms with E-state index >= 15 is 0 Å². The van der Waals surface area contributed by atoms with Gasteiger partial charge in [-0.1, -0.05) is 23.7 Å². The van der Waals surface area contributed by atoms with Crippen LogP contribution in [0, 0.1) is 0 Å². The summed E-state index contributed by atoms with van der Waals surface area (Å²) in [7, 11) is -3.12. The van der Waals surface area contributed by atoms with E-state index in [0.717, 1.165) is 36.7 Å². The van der Waals surface area contributed by atoms with Crippen molar-refractivity contribution < 1.29 is 8.42 Å². The molecule has 0 saturated heterocycles. The number of hydrogen-bond donors (Lipinski definition) is 3. The number of benzene rings is 1. The third-order valence-electron chi connectivity index (χ3n) is 2.91. The first-order valence-electron chi connectivity index (χ1n) is 7.62. The van der Waals surface area contributed by atoms with Crippen molar-refractivity contribution in [1.82, 2.24) is 15.4 Å². The first-order valence-corrected chi connectivity index (χ1v) is 9.89. The summed E-state index contributed by atoms with van der Waals surface area (Å²) in [6.45, 7) is 4.46. The van der Waals surface area contributed by atoms with Crippen LogP contribution in [0.15, 0.2) is 29.3 Å². The number of aliphatic imine (C=N–C) groups is 1. The van der Waals surface area contributed by atoms with Crippen LogP contribution in [-0.2, 0) is 16.4 Å². The van der Waals surface area contributed by atoms with Crippen LogP contribution < -0.4 is 15.4 Å². The van der Waals surface area contributed by atoms with Gasteiger partial charge in [-0.15, -0.1) is 24.0 Å². The van der Waals surface area contributed by atoms with Gasteiger partial charge in [0.1, 0.15) is 0 Å². The number of halogens is 2. The van der Waals surface area contributed by atoms with E-state index in [1.807, 2.05) is 31.2 Å². The van der Waals surface area contributed by atoms with Crippen molar-refractivity contribution in [1.29, 1.82) is 0 Å². The minimum absolute atomic E-state index is 0. The van der Waals surface area contributed by atoms with E-state index < -0.39 is 10.0 Å². The number of rotatable bonds is 9. The summed E-state index contributed by atoms with van der Waals surface area (Å²) >= 11 is 5.96. The Kier molecular flexibility index (Phi) is 12.4. The molecule has 6 nitrogen and oxygen atoms in total. The molecular weight excluding hydrogens is 463 g/mol. The van der Waals surface area contributed by atoms with Crippen LogP contribution in [0.4, 0.5) is 0 Å². The van der Waals surface area contributed by atoms with E-state index in [2.05, 4.69) is 20.3 Å². The standard InChI is InChI=1S/C15H25ClN4O2S.HI/c1-3-17-15(18-9-5-10-20-23(2,21)22)19-11-8-13-6-4-7-14(16)12-13;/h4,6-7,12,20H,3,5,8-11H2,1-2H3,(H2,17,18,19);1H. The Bertz CT molecular complexity index is 611. The van der Waals surface area contributed by atoms with Gasteiger partial charge >= 0.3 is 0 Å². The second kappa shape index (κ2) is 12.7. The van der Waals surface area contributed by atoms with Crippen molar-refractivity contribution >= 4 is 51.6 Å². The van der Waals surface area contributed by atoms with Crippen molar-refractivity contribution in [3.8, 4) is 0 Å². The molecule has 0 heterocycles. The van der Waals surface area contributed by atoms with Gasteiger partial charge in [-0.2, -0.15) is 0 Å². The van der Waals surface area contributed by atoms with Crippen LogP contribution in [0.5, 0.6) is 0 Å². The zero-order chi connectivity index (χ0) is 17.1. The van der Waals surface area contributed by atoms with Gasteiger partial charge in [0.05, 0.1) is 6.26 Å². The Labute approximate surface area is 166 Å². The van der Waals surface area contributed by atoms with E-state index in [4.69, 9.17) is 11.6 Å². The molecule has 0 aliphatic carbocycles. The molecule has 0 aliphatic rings. The number of guanidine groups is 1. The number of hydrogen-bond acceptors (Lipinski definition) is 3. The molecule has 0 amide bonds. The second-order valence-electron chi connectivity index (χ2n) is 5.09. The van der Waals surface area contributed by atoms with E-state index in [-0.39, 0.29) is 24.0 Å². The van der Waals surface area contributed by atoms with Gasteiger partial charge in [-0.05, 0) is 37.5 Å². The van der Waals surface area contributed by atoms with Gasteiger partial charge in [0.25, 0.3) is 0 Å². The fourth-order valence-corrected chi connectivity index (χ4v) is 2.61. The van der Waals surface area contributed by atoms with Crippen LogP contribution in [0.3, 0.4) is 0 Å². The zero-order valence-electron chi connectivity index (χ0n) is 14.0. The topological polar surface area (TPSA) is 82.6 Å². The lowest BCUT2D eigenvalue weighted by Crippen LogP contribution is -2.38. The monoisotopic (exact) mass is 488 g/mol. The zero-order valence-corrected chi connectivity index (χ0v) is 17.9. The number of nitrogens with one attached hydrogen (secondary N) is 3. The predicted octanol–water partition coefficient (Wildman–Crippen LogP) is 1.99. The van der Waals surface area contributed by atoms with Gasteiger partial charge in [0.15, 0.2) is 5.96 Å². The molecule has 0 fully saturated rings. The highest BCUT2D eigenvalue weighted by molar-refractivity contribution is 14.0. The van der Waals surface area contributed by atoms with Crippen LogP contribution in [0.2, 0.25) is 5.02 Å². The summed E-state index contributed by atoms with van der Waals surface area (Å²) in [6, 6.07) is 7.78. The Balaban J connectivity index is 0.00000529. The largest absolute Gasteiger partial charge is 0.357 e. The lowest BCUT2D eigenvalue weighted by molar-refractivity contribution is 0.585. The average Bonchev–Trinajstić information content (AvgIpc) is 2.45. The second-order valence-corrected chi connectivity index (χ2v) is 7.36. The maximum absolute atomic E-state index is 10.9. The molecule has 1 aromatic carbocycles. The lowest BCUT2D eigenvalue weighted by Gasteiger charge is -2.11. The van der Waals surface area contributed by atoms with Crippen molar-refractivity contribution in [2.45, 2.75) is 19.8 Å². The minimum atomic E-state index is -3.12. The molecule has 0 aliphatic heterocycles. The molecule has 138 valence electrons. The van der Waals surface area contributed by atoms with Gasteiger partial charge < -0.3 is 10.6 Å². The molecule has 0 radical (unpaired) electrons. The lowest BCUT2D eigenvalue weighted by atomic mass is 10.1. The fraction of sp³-hybridized carbons (Fsp3) is 0.533. The van der Waals surface area contributed by atoms with Crippen LogP contribution in [-0.4, -0.2) is 46.8 Å². The molecule has 0 unspecified atom stereocenters. The molecule has 9 heteroatoms. The van der Waals surface area contributed by atoms with Crippen LogP contribution in [0.1, 0.15) is 18.9 Å². The SMILES string of the molecule is CCNC(=NCCCNS(C)(=O)=O)NCCc1cccc(Cl)c1.I. The smallest absolute Gasteiger partial charge is 0.208 e. The summed E-state index contributed by atoms with van der Waals surface area (Å²) in [4.78, 5) is 4.42. The van der Waals surface area contributed by atoms with Gasteiger partial charge in [-0.25, -0.2) is 13.1 Å². The normalized spacial score (nSPS) is 11.7. The van der Waals surface area contributed by atoms with Crippen molar-refractivity contribution in [3.05, 3.63) is 34.9 Å². The molecular formula is C15H26ClIN4O2S. The number of sulfonamides is 1. The van der Waals surface area contributed by atoms with Crippen molar-refractivity contribution in [3.63, 3.8) is 0 Å². The molecule has 1 rings (SSSR count). The quantitative estimate of drug-likeness (QED) is 0.215. The molecule has 1 aromatic rings. The average molecular weight is 489 g/mol. The van der Waals surface area contributed by atoms with Crippen LogP contribution in [0.25, 0.3) is 0 Å². The molecule has 3 N–H and O–H groups in total. The fourth-order valence-electron chi connectivity index (χ4n) is 1.89. The predicted molar refractivity (Wildman–Crippen MR) is 112 cm³/mol. The van der Waals surface area contributed by atoms with Gasteiger partial charge in [0.2, 0.25) is 10.0 Å². The third-order valence-corrected chi connectivity index (χ3v) is 3.87. The summed E-state index contributed by atoms with van der Waals surface area (Å²) in [6.07, 6.45) is 2.65. The molecule has 0 bridgehead atoms. The minimum Gasteiger partial charge on any atom is -0.357 e. The first kappa shape index (κ1) is 23.4. The summed E-state index contributed by atoms with van der Waals surface area (Å²) in [5.74, 6) is 0.730. The van der Waals surface area contributed by atoms with E-state index in [9.17, 15) is 8.42 Å². The Morgan fingerprint density at radius 2 is 2.00 bits per heavy atom. The van der Waals surface area contributed by atoms with Crippen molar-refractivity contribution in [2.75, 3.05) is 32.4 Å². The first-order chi connectivity index (χ1) is 10.9.